The number of imidazole rings is 1. The first-order chi connectivity index (χ1) is 12.4. The van der Waals surface area contributed by atoms with E-state index in [1.54, 1.807) is 0 Å². The Morgan fingerprint density at radius 1 is 1.54 bits per heavy atom. The number of carbonyl (C=O) groups is 1. The van der Waals surface area contributed by atoms with Crippen LogP contribution in [-0.2, 0) is 21.0 Å². The summed E-state index contributed by atoms with van der Waals surface area (Å²) in [6, 6.07) is -0.476. The van der Waals surface area contributed by atoms with Gasteiger partial charge in [-0.2, -0.15) is 4.98 Å². The van der Waals surface area contributed by atoms with E-state index in [-0.39, 0.29) is 43.0 Å². The van der Waals surface area contributed by atoms with Crippen molar-refractivity contribution < 1.29 is 19.4 Å². The van der Waals surface area contributed by atoms with Crippen molar-refractivity contribution in [3.8, 4) is 0 Å². The molecule has 12 heteroatoms. The van der Waals surface area contributed by atoms with E-state index >= 15 is 0 Å². The highest BCUT2D eigenvalue weighted by Crippen LogP contribution is 2.09. The second kappa shape index (κ2) is 9.04. The highest BCUT2D eigenvalue weighted by atomic mass is 31.0. The number of aliphatic hydroxyl groups excluding tert-OH is 1. The molecule has 0 saturated heterocycles. The molecule has 0 spiro atoms. The number of nitrogens with two attached hydrogens (primary N) is 1. The molecule has 2 rings (SSSR count). The minimum atomic E-state index is -0.743. The molecule has 11 nitrogen and oxygen atoms in total. The summed E-state index contributed by atoms with van der Waals surface area (Å²) in [6.45, 7) is 3.25. The van der Waals surface area contributed by atoms with E-state index in [4.69, 9.17) is 15.2 Å². The molecule has 0 aliphatic heterocycles. The summed E-state index contributed by atoms with van der Waals surface area (Å²) in [5.74, 6) is -0.437. The van der Waals surface area contributed by atoms with Crippen molar-refractivity contribution in [3.63, 3.8) is 0 Å². The highest BCUT2D eigenvalue weighted by Gasteiger charge is 2.23. The van der Waals surface area contributed by atoms with Crippen LogP contribution in [-0.4, -0.2) is 56.0 Å². The predicted molar refractivity (Wildman–Crippen MR) is 97.0 cm³/mol. The average Bonchev–Trinajstić information content (AvgIpc) is 2.98. The van der Waals surface area contributed by atoms with Crippen molar-refractivity contribution in [3.05, 3.63) is 16.7 Å². The normalized spacial score (nSPS) is 13.9. The molecule has 0 radical (unpaired) electrons. The van der Waals surface area contributed by atoms with Crippen molar-refractivity contribution in [2.75, 3.05) is 18.9 Å². The van der Waals surface area contributed by atoms with Crippen LogP contribution in [0.4, 0.5) is 5.95 Å². The Balaban J connectivity index is 1.97. The molecule has 0 amide bonds. The first-order valence-corrected chi connectivity index (χ1v) is 8.51. The Morgan fingerprint density at radius 3 is 2.88 bits per heavy atom. The summed E-state index contributed by atoms with van der Waals surface area (Å²) in [4.78, 5) is 34.1. The highest BCUT2D eigenvalue weighted by molar-refractivity contribution is 7.13. The molecule has 0 bridgehead atoms. The number of H-pyrrole nitrogens is 1. The van der Waals surface area contributed by atoms with Gasteiger partial charge in [0.15, 0.2) is 11.2 Å². The number of aliphatic hydroxyl groups is 1. The number of nitrogen functional groups attached to an aromatic ring is 1. The number of hydrogen-bond acceptors (Lipinski definition) is 9. The van der Waals surface area contributed by atoms with Gasteiger partial charge in [-0.05, 0) is 5.92 Å². The maximum atomic E-state index is 12.0. The third kappa shape index (κ3) is 4.76. The third-order valence-corrected chi connectivity index (χ3v) is 4.02. The summed E-state index contributed by atoms with van der Waals surface area (Å²) >= 11 is 0. The van der Waals surface area contributed by atoms with Gasteiger partial charge in [0, 0.05) is 0 Å². The lowest BCUT2D eigenvalue weighted by atomic mass is 10.1. The number of carbonyl (C=O) groups excluding carboxylic acids is 1. The summed E-state index contributed by atoms with van der Waals surface area (Å²) in [5.41, 5.74) is 5.46. The quantitative estimate of drug-likeness (QED) is 0.313. The number of anilines is 1. The molecule has 5 N–H and O–H groups in total. The Bertz CT molecular complexity index is 807. The number of esters is 1. The molecule has 2 aromatic rings. The van der Waals surface area contributed by atoms with Gasteiger partial charge in [0.25, 0.3) is 5.56 Å². The molecule has 0 aliphatic rings. The molecular weight excluding hydrogens is 363 g/mol. The van der Waals surface area contributed by atoms with Gasteiger partial charge < -0.3 is 20.3 Å². The summed E-state index contributed by atoms with van der Waals surface area (Å²) in [5, 5.41) is 12.2. The van der Waals surface area contributed by atoms with E-state index in [1.165, 1.54) is 10.9 Å². The van der Waals surface area contributed by atoms with Crippen molar-refractivity contribution >= 4 is 32.5 Å². The maximum absolute atomic E-state index is 12.0. The van der Waals surface area contributed by atoms with Crippen molar-refractivity contribution in [2.24, 2.45) is 5.92 Å². The molecule has 144 valence electrons. The number of aromatic nitrogens is 4. The first-order valence-electron chi connectivity index (χ1n) is 7.93. The van der Waals surface area contributed by atoms with Gasteiger partial charge in [0.1, 0.15) is 25.5 Å². The Kier molecular flexibility index (Phi) is 7.04. The van der Waals surface area contributed by atoms with E-state index in [0.29, 0.717) is 0 Å². The molecule has 2 unspecified atom stereocenters. The number of aromatic amines is 1. The minimum absolute atomic E-state index is 0.0402. The zero-order valence-electron chi connectivity index (χ0n) is 14.5. The number of nitrogens with one attached hydrogen (secondary N) is 2. The fourth-order valence-electron chi connectivity index (χ4n) is 2.20. The van der Waals surface area contributed by atoms with E-state index in [9.17, 15) is 14.7 Å². The van der Waals surface area contributed by atoms with Crippen LogP contribution in [0, 0.1) is 5.92 Å². The second-order valence-corrected chi connectivity index (χ2v) is 6.29. The number of ether oxygens (including phenoxy) is 2. The van der Waals surface area contributed by atoms with E-state index < -0.39 is 23.7 Å². The Morgan fingerprint density at radius 2 is 2.27 bits per heavy atom. The van der Waals surface area contributed by atoms with E-state index in [0.717, 1.165) is 0 Å². The fraction of sp³-hybridized carbons (Fsp3) is 0.571. The topological polar surface area (TPSA) is 157 Å². The lowest BCUT2D eigenvalue weighted by Gasteiger charge is -2.21. The minimum Gasteiger partial charge on any atom is -0.462 e. The van der Waals surface area contributed by atoms with Gasteiger partial charge in [-0.3, -0.25) is 24.2 Å². The third-order valence-electron chi connectivity index (χ3n) is 3.66. The van der Waals surface area contributed by atoms with Crippen molar-refractivity contribution in [1.82, 2.24) is 24.6 Å². The van der Waals surface area contributed by atoms with E-state index in [1.807, 2.05) is 13.8 Å². The molecule has 2 heterocycles. The van der Waals surface area contributed by atoms with Crippen LogP contribution in [0.3, 0.4) is 0 Å². The van der Waals surface area contributed by atoms with Gasteiger partial charge in [0.2, 0.25) is 5.95 Å². The monoisotopic (exact) mass is 386 g/mol. The smallest absolute Gasteiger partial charge is 0.323 e. The molecule has 3 atom stereocenters. The molecule has 0 aromatic carbocycles. The molecular formula is C14H23N6O5P. The maximum Gasteiger partial charge on any atom is 0.323 e. The van der Waals surface area contributed by atoms with Gasteiger partial charge in [-0.15, -0.1) is 0 Å². The summed E-state index contributed by atoms with van der Waals surface area (Å²) in [7, 11) is 2.29. The van der Waals surface area contributed by atoms with Crippen LogP contribution in [0.25, 0.3) is 11.2 Å². The van der Waals surface area contributed by atoms with Crippen molar-refractivity contribution in [1.29, 1.82) is 0 Å². The van der Waals surface area contributed by atoms with Gasteiger partial charge in [0.05, 0.1) is 12.9 Å². The lowest BCUT2D eigenvalue weighted by molar-refractivity contribution is -0.153. The fourth-order valence-corrected chi connectivity index (χ4v) is 2.72. The largest absolute Gasteiger partial charge is 0.462 e. The molecule has 2 aromatic heterocycles. The zero-order valence-corrected chi connectivity index (χ0v) is 15.7. The number of fused-ring (bicyclic) bond motifs is 1. The van der Waals surface area contributed by atoms with Crippen LogP contribution in [0.1, 0.15) is 13.8 Å². The van der Waals surface area contributed by atoms with Crippen LogP contribution < -0.4 is 16.4 Å². The number of nitrogens with zero attached hydrogens (tertiary/aromatic N) is 3. The van der Waals surface area contributed by atoms with Crippen LogP contribution in [0.15, 0.2) is 11.1 Å². The molecule has 0 saturated carbocycles. The molecule has 0 fully saturated rings. The standard InChI is InChI=1S/C14H23N6O5P/c1-7(2)9(19-26)13(23)24-4-8(3-21)25-6-20-5-16-10-11(20)17-14(15)18-12(10)22/h5,7-9,19,21H,3-4,6,26H2,1-2H3,(H3,15,17,18,22)/t8?,9-/m0/s1. The molecule has 26 heavy (non-hydrogen) atoms. The number of hydrogen-bond donors (Lipinski definition) is 4. The van der Waals surface area contributed by atoms with E-state index in [2.05, 4.69) is 29.4 Å². The second-order valence-electron chi connectivity index (χ2n) is 5.96. The SMILES string of the molecule is CC(C)[C@H](NP)C(=O)OCC(CO)OCn1cnc2c(=O)[nH]c(N)nc21. The van der Waals surface area contributed by atoms with Crippen LogP contribution >= 0.6 is 9.39 Å². The first kappa shape index (κ1) is 20.2. The summed E-state index contributed by atoms with van der Waals surface area (Å²) in [6.07, 6.45) is 0.632. The Labute approximate surface area is 151 Å². The summed E-state index contributed by atoms with van der Waals surface area (Å²) < 4.78 is 12.2. The van der Waals surface area contributed by atoms with Crippen LogP contribution in [0.5, 0.6) is 0 Å². The molecule has 0 aliphatic carbocycles. The lowest BCUT2D eigenvalue weighted by Crippen LogP contribution is -2.39. The Hall–Kier alpha value is -2.07. The zero-order chi connectivity index (χ0) is 19.3. The number of rotatable bonds is 9. The van der Waals surface area contributed by atoms with Gasteiger partial charge in [-0.25, -0.2) is 4.98 Å². The average molecular weight is 386 g/mol. The predicted octanol–water partition coefficient (Wildman–Crippen LogP) is -1.02. The van der Waals surface area contributed by atoms with Gasteiger partial charge in [-0.1, -0.05) is 23.2 Å². The van der Waals surface area contributed by atoms with Gasteiger partial charge >= 0.3 is 5.97 Å². The van der Waals surface area contributed by atoms with Crippen LogP contribution in [0.2, 0.25) is 0 Å². The van der Waals surface area contributed by atoms with Crippen molar-refractivity contribution in [2.45, 2.75) is 32.7 Å².